The Morgan fingerprint density at radius 2 is 2.14 bits per heavy atom. The van der Waals surface area contributed by atoms with E-state index in [1.54, 1.807) is 29.2 Å². The molecular weight excluding hydrogens is 272 g/mol. The van der Waals surface area contributed by atoms with Crippen LogP contribution >= 0.6 is 0 Å². The molecular formula is C14H14N4O3. The second-order valence-corrected chi connectivity index (χ2v) is 5.07. The van der Waals surface area contributed by atoms with Crippen molar-refractivity contribution in [3.63, 3.8) is 0 Å². The third-order valence-corrected chi connectivity index (χ3v) is 3.61. The van der Waals surface area contributed by atoms with Crippen molar-refractivity contribution in [1.29, 1.82) is 0 Å². The molecule has 3 rings (SSSR count). The van der Waals surface area contributed by atoms with E-state index in [2.05, 4.69) is 15.4 Å². The topological polar surface area (TPSA) is 97.1 Å². The molecule has 1 fully saturated rings. The molecule has 7 heteroatoms. The lowest BCUT2D eigenvalue weighted by Gasteiger charge is -2.32. The molecule has 0 aliphatic heterocycles. The molecule has 1 heterocycles. The lowest BCUT2D eigenvalue weighted by atomic mass is 9.80. The lowest BCUT2D eigenvalue weighted by molar-refractivity contribution is -0.145. The maximum absolute atomic E-state index is 12.1. The number of carbonyl (C=O) groups excluding carboxylic acids is 1. The number of carbonyl (C=O) groups is 2. The van der Waals surface area contributed by atoms with Crippen LogP contribution in [0.4, 0.5) is 0 Å². The molecule has 7 nitrogen and oxygen atoms in total. The number of nitrogens with zero attached hydrogens (tertiary/aromatic N) is 3. The molecule has 108 valence electrons. The normalized spacial score (nSPS) is 20.6. The van der Waals surface area contributed by atoms with Crippen LogP contribution in [0.5, 0.6) is 0 Å². The number of aliphatic carboxylic acids is 1. The van der Waals surface area contributed by atoms with Gasteiger partial charge >= 0.3 is 5.97 Å². The minimum atomic E-state index is -0.798. The zero-order valence-electron chi connectivity index (χ0n) is 11.1. The van der Waals surface area contributed by atoms with Gasteiger partial charge in [-0.15, -0.1) is 0 Å². The van der Waals surface area contributed by atoms with Crippen molar-refractivity contribution in [2.24, 2.45) is 5.92 Å². The van der Waals surface area contributed by atoms with E-state index in [-0.39, 0.29) is 17.9 Å². The third kappa shape index (κ3) is 2.76. The summed E-state index contributed by atoms with van der Waals surface area (Å²) in [7, 11) is 0. The van der Waals surface area contributed by atoms with Crippen LogP contribution in [-0.2, 0) is 4.79 Å². The van der Waals surface area contributed by atoms with Gasteiger partial charge < -0.3 is 10.4 Å². The molecule has 1 aromatic heterocycles. The van der Waals surface area contributed by atoms with Crippen molar-refractivity contribution < 1.29 is 14.7 Å². The Morgan fingerprint density at radius 3 is 2.81 bits per heavy atom. The smallest absolute Gasteiger partial charge is 0.306 e. The van der Waals surface area contributed by atoms with Crippen LogP contribution in [0.25, 0.3) is 5.69 Å². The van der Waals surface area contributed by atoms with E-state index in [4.69, 9.17) is 5.11 Å². The molecule has 1 aromatic carbocycles. The van der Waals surface area contributed by atoms with E-state index in [0.29, 0.717) is 18.4 Å². The maximum Gasteiger partial charge on any atom is 0.306 e. The van der Waals surface area contributed by atoms with Gasteiger partial charge in [-0.2, -0.15) is 5.10 Å². The molecule has 2 N–H and O–H groups in total. The molecule has 1 saturated carbocycles. The number of benzene rings is 1. The van der Waals surface area contributed by atoms with Crippen molar-refractivity contribution in [3.05, 3.63) is 42.5 Å². The van der Waals surface area contributed by atoms with Crippen LogP contribution in [-0.4, -0.2) is 37.8 Å². The van der Waals surface area contributed by atoms with Gasteiger partial charge in [0.25, 0.3) is 5.91 Å². The zero-order valence-corrected chi connectivity index (χ0v) is 11.1. The van der Waals surface area contributed by atoms with Crippen molar-refractivity contribution in [3.8, 4) is 5.69 Å². The summed E-state index contributed by atoms with van der Waals surface area (Å²) in [5.74, 6) is -1.34. The van der Waals surface area contributed by atoms with Gasteiger partial charge in [-0.3, -0.25) is 9.59 Å². The van der Waals surface area contributed by atoms with Crippen molar-refractivity contribution >= 4 is 11.9 Å². The Hall–Kier alpha value is -2.70. The SMILES string of the molecule is O=C(NC1CC(C(=O)O)C1)c1cccc(-n2cncn2)c1. The van der Waals surface area contributed by atoms with Crippen molar-refractivity contribution in [2.75, 3.05) is 0 Å². The van der Waals surface area contributed by atoms with E-state index < -0.39 is 5.97 Å². The highest BCUT2D eigenvalue weighted by Crippen LogP contribution is 2.27. The summed E-state index contributed by atoms with van der Waals surface area (Å²) in [6.45, 7) is 0. The first-order valence-electron chi connectivity index (χ1n) is 6.62. The van der Waals surface area contributed by atoms with E-state index >= 15 is 0 Å². The molecule has 0 unspecified atom stereocenters. The number of nitrogens with one attached hydrogen (secondary N) is 1. The monoisotopic (exact) mass is 286 g/mol. The van der Waals surface area contributed by atoms with E-state index in [1.807, 2.05) is 6.07 Å². The fourth-order valence-electron chi connectivity index (χ4n) is 2.34. The summed E-state index contributed by atoms with van der Waals surface area (Å²) in [6.07, 6.45) is 3.96. The second kappa shape index (κ2) is 5.35. The van der Waals surface area contributed by atoms with Crippen LogP contribution < -0.4 is 5.32 Å². The highest BCUT2D eigenvalue weighted by molar-refractivity contribution is 5.95. The fourth-order valence-corrected chi connectivity index (χ4v) is 2.34. The molecule has 21 heavy (non-hydrogen) atoms. The van der Waals surface area contributed by atoms with Crippen LogP contribution in [0.2, 0.25) is 0 Å². The van der Waals surface area contributed by atoms with Gasteiger partial charge in [-0.05, 0) is 31.0 Å². The highest BCUT2D eigenvalue weighted by Gasteiger charge is 2.35. The molecule has 0 radical (unpaired) electrons. The molecule has 1 amide bonds. The first-order valence-corrected chi connectivity index (χ1v) is 6.62. The first kappa shape index (κ1) is 13.3. The Labute approximate surface area is 120 Å². The number of aromatic nitrogens is 3. The molecule has 1 aliphatic rings. The number of carboxylic acids is 1. The molecule has 2 aromatic rings. The molecule has 1 aliphatic carbocycles. The van der Waals surface area contributed by atoms with Crippen LogP contribution in [0.3, 0.4) is 0 Å². The van der Waals surface area contributed by atoms with Gasteiger partial charge in [-0.25, -0.2) is 9.67 Å². The summed E-state index contributed by atoms with van der Waals surface area (Å²) >= 11 is 0. The summed E-state index contributed by atoms with van der Waals surface area (Å²) < 4.78 is 1.57. The van der Waals surface area contributed by atoms with Gasteiger partial charge in [0.05, 0.1) is 11.6 Å². The fraction of sp³-hybridized carbons (Fsp3) is 0.286. The first-order chi connectivity index (χ1) is 10.1. The lowest BCUT2D eigenvalue weighted by Crippen LogP contribution is -2.46. The maximum atomic E-state index is 12.1. The Morgan fingerprint density at radius 1 is 1.33 bits per heavy atom. The van der Waals surface area contributed by atoms with Crippen LogP contribution in [0, 0.1) is 5.92 Å². The van der Waals surface area contributed by atoms with Crippen molar-refractivity contribution in [1.82, 2.24) is 20.1 Å². The predicted octanol–water partition coefficient (Wildman–Crippen LogP) is 0.860. The zero-order chi connectivity index (χ0) is 14.8. The number of hydrogen-bond donors (Lipinski definition) is 2. The molecule has 0 spiro atoms. The standard InChI is InChI=1S/C14H14N4O3/c19-13(17-11-4-10(5-11)14(20)21)9-2-1-3-12(6-9)18-8-15-7-16-18/h1-3,6-8,10-11H,4-5H2,(H,17,19)(H,20,21). The Kier molecular flexibility index (Phi) is 3.39. The number of rotatable bonds is 4. The average Bonchev–Trinajstić information content (AvgIpc) is 2.96. The van der Waals surface area contributed by atoms with Crippen LogP contribution in [0.1, 0.15) is 23.2 Å². The molecule has 0 saturated heterocycles. The van der Waals surface area contributed by atoms with Gasteiger partial charge in [0.1, 0.15) is 12.7 Å². The van der Waals surface area contributed by atoms with Crippen molar-refractivity contribution in [2.45, 2.75) is 18.9 Å². The Bertz CT molecular complexity index is 663. The van der Waals surface area contributed by atoms with Gasteiger partial charge in [0.2, 0.25) is 0 Å². The predicted molar refractivity (Wildman–Crippen MR) is 73.0 cm³/mol. The summed E-state index contributed by atoms with van der Waals surface area (Å²) in [6, 6.07) is 6.97. The number of hydrogen-bond acceptors (Lipinski definition) is 4. The number of amides is 1. The summed E-state index contributed by atoms with van der Waals surface area (Å²) in [5, 5.41) is 15.7. The third-order valence-electron chi connectivity index (χ3n) is 3.61. The average molecular weight is 286 g/mol. The highest BCUT2D eigenvalue weighted by atomic mass is 16.4. The van der Waals surface area contributed by atoms with Gasteiger partial charge in [-0.1, -0.05) is 6.07 Å². The van der Waals surface area contributed by atoms with Crippen LogP contribution in [0.15, 0.2) is 36.9 Å². The number of carboxylic acid groups (broad SMARTS) is 1. The second-order valence-electron chi connectivity index (χ2n) is 5.07. The summed E-state index contributed by atoms with van der Waals surface area (Å²) in [5.41, 5.74) is 1.26. The largest absolute Gasteiger partial charge is 0.481 e. The molecule has 0 atom stereocenters. The van der Waals surface area contributed by atoms with E-state index in [9.17, 15) is 9.59 Å². The molecule has 0 bridgehead atoms. The minimum Gasteiger partial charge on any atom is -0.481 e. The van der Waals surface area contributed by atoms with Gasteiger partial charge in [0.15, 0.2) is 0 Å². The quantitative estimate of drug-likeness (QED) is 0.868. The van der Waals surface area contributed by atoms with E-state index in [1.165, 1.54) is 6.33 Å². The van der Waals surface area contributed by atoms with E-state index in [0.717, 1.165) is 5.69 Å². The Balaban J connectivity index is 1.66. The minimum absolute atomic E-state index is 0.0615. The summed E-state index contributed by atoms with van der Waals surface area (Å²) in [4.78, 5) is 26.7. The van der Waals surface area contributed by atoms with Gasteiger partial charge in [0, 0.05) is 11.6 Å².